The highest BCUT2D eigenvalue weighted by molar-refractivity contribution is 6.31. The van der Waals surface area contributed by atoms with Gasteiger partial charge < -0.3 is 9.73 Å². The topological polar surface area (TPSA) is 97.4 Å². The average molecular weight is 386 g/mol. The van der Waals surface area contributed by atoms with E-state index in [1.807, 2.05) is 36.4 Å². The molecular formula is C19H16ClN3O4. The van der Waals surface area contributed by atoms with Crippen LogP contribution in [0.2, 0.25) is 5.02 Å². The number of anilines is 1. The summed E-state index contributed by atoms with van der Waals surface area (Å²) in [7, 11) is 0. The van der Waals surface area contributed by atoms with Crippen molar-refractivity contribution >= 4 is 28.9 Å². The van der Waals surface area contributed by atoms with Crippen LogP contribution >= 0.6 is 11.6 Å². The minimum absolute atomic E-state index is 0.0694. The van der Waals surface area contributed by atoms with Crippen molar-refractivity contribution < 1.29 is 14.1 Å². The van der Waals surface area contributed by atoms with Gasteiger partial charge in [-0.25, -0.2) is 0 Å². The molecule has 0 radical (unpaired) electrons. The second-order valence-corrected chi connectivity index (χ2v) is 6.14. The average Bonchev–Trinajstić information content (AvgIpc) is 3.18. The number of benzene rings is 2. The molecule has 0 aliphatic heterocycles. The van der Waals surface area contributed by atoms with E-state index >= 15 is 0 Å². The van der Waals surface area contributed by atoms with Gasteiger partial charge in [0, 0.05) is 11.1 Å². The molecule has 2 N–H and O–H groups in total. The summed E-state index contributed by atoms with van der Waals surface area (Å²) in [6.45, 7) is -0.0694. The molecule has 1 amide bonds. The van der Waals surface area contributed by atoms with Gasteiger partial charge in [0.25, 0.3) is 5.69 Å². The van der Waals surface area contributed by atoms with Crippen LogP contribution in [0.4, 0.5) is 11.4 Å². The number of carbonyl (C=O) groups is 1. The smallest absolute Gasteiger partial charge is 0.294 e. The van der Waals surface area contributed by atoms with Crippen molar-refractivity contribution in [2.45, 2.75) is 6.04 Å². The van der Waals surface area contributed by atoms with Crippen LogP contribution in [0, 0.1) is 10.1 Å². The highest BCUT2D eigenvalue weighted by atomic mass is 35.5. The minimum atomic E-state index is -0.593. The van der Waals surface area contributed by atoms with Crippen molar-refractivity contribution in [3.05, 3.63) is 93.4 Å². The largest absolute Gasteiger partial charge is 0.467 e. The molecule has 1 atom stereocenters. The van der Waals surface area contributed by atoms with E-state index in [-0.39, 0.29) is 29.0 Å². The van der Waals surface area contributed by atoms with Gasteiger partial charge in [-0.3, -0.25) is 20.2 Å². The van der Waals surface area contributed by atoms with E-state index in [0.29, 0.717) is 5.76 Å². The highest BCUT2D eigenvalue weighted by Gasteiger charge is 2.20. The molecule has 27 heavy (non-hydrogen) atoms. The Hall–Kier alpha value is -3.16. The zero-order valence-corrected chi connectivity index (χ0v) is 14.8. The van der Waals surface area contributed by atoms with Gasteiger partial charge in [0.2, 0.25) is 5.91 Å². The molecule has 0 bridgehead atoms. The molecule has 3 aromatic rings. The molecule has 0 saturated heterocycles. The van der Waals surface area contributed by atoms with Crippen molar-refractivity contribution in [3.8, 4) is 0 Å². The maximum Gasteiger partial charge on any atom is 0.294 e. The van der Waals surface area contributed by atoms with Gasteiger partial charge in [-0.15, -0.1) is 0 Å². The number of amides is 1. The highest BCUT2D eigenvalue weighted by Crippen LogP contribution is 2.28. The number of hydrogen-bond donors (Lipinski definition) is 2. The molecule has 1 heterocycles. The molecule has 1 aromatic heterocycles. The van der Waals surface area contributed by atoms with Gasteiger partial charge >= 0.3 is 0 Å². The molecule has 0 spiro atoms. The minimum Gasteiger partial charge on any atom is -0.467 e. The molecule has 138 valence electrons. The zero-order valence-electron chi connectivity index (χ0n) is 14.1. The maximum atomic E-state index is 12.3. The van der Waals surface area contributed by atoms with E-state index in [2.05, 4.69) is 10.6 Å². The van der Waals surface area contributed by atoms with E-state index < -0.39 is 10.8 Å². The van der Waals surface area contributed by atoms with Crippen LogP contribution in [-0.2, 0) is 4.79 Å². The fourth-order valence-electron chi connectivity index (χ4n) is 2.63. The van der Waals surface area contributed by atoms with Gasteiger partial charge in [0.1, 0.15) is 11.4 Å². The second-order valence-electron chi connectivity index (χ2n) is 5.71. The summed E-state index contributed by atoms with van der Waals surface area (Å²) in [5.41, 5.74) is 0.754. The normalized spacial score (nSPS) is 11.7. The predicted octanol–water partition coefficient (Wildman–Crippen LogP) is 4.16. The molecule has 0 aliphatic carbocycles. The Balaban J connectivity index is 1.71. The standard InChI is InChI=1S/C19H16ClN3O4/c20-14-8-9-15(16(11-14)23(25)26)22-18(24)12-21-19(17-7-4-10-27-17)13-5-2-1-3-6-13/h1-11,19,21H,12H2,(H,22,24)/t19-/m0/s1. The number of nitro benzene ring substituents is 1. The number of rotatable bonds is 7. The van der Waals surface area contributed by atoms with Crippen LogP contribution in [0.3, 0.4) is 0 Å². The number of furan rings is 1. The van der Waals surface area contributed by atoms with Gasteiger partial charge in [-0.2, -0.15) is 0 Å². The van der Waals surface area contributed by atoms with Crippen molar-refractivity contribution in [3.63, 3.8) is 0 Å². The first-order valence-corrected chi connectivity index (χ1v) is 8.48. The first kappa shape index (κ1) is 18.6. The van der Waals surface area contributed by atoms with Crippen molar-refractivity contribution in [2.24, 2.45) is 0 Å². The Morgan fingerprint density at radius 1 is 1.15 bits per heavy atom. The molecule has 0 unspecified atom stereocenters. The molecular weight excluding hydrogens is 370 g/mol. The number of halogens is 1. The van der Waals surface area contributed by atoms with Gasteiger partial charge in [0.05, 0.1) is 23.8 Å². The Morgan fingerprint density at radius 2 is 1.93 bits per heavy atom. The molecule has 3 rings (SSSR count). The molecule has 0 fully saturated rings. The third-order valence-electron chi connectivity index (χ3n) is 3.86. The Kier molecular flexibility index (Phi) is 5.85. The lowest BCUT2D eigenvalue weighted by Gasteiger charge is -2.17. The lowest BCUT2D eigenvalue weighted by atomic mass is 10.0. The fourth-order valence-corrected chi connectivity index (χ4v) is 2.80. The summed E-state index contributed by atoms with van der Waals surface area (Å²) >= 11 is 5.79. The van der Waals surface area contributed by atoms with Gasteiger partial charge in [0.15, 0.2) is 0 Å². The van der Waals surface area contributed by atoms with Crippen molar-refractivity contribution in [2.75, 3.05) is 11.9 Å². The van der Waals surface area contributed by atoms with E-state index in [1.165, 1.54) is 18.2 Å². The Bertz CT molecular complexity index is 929. The van der Waals surface area contributed by atoms with Gasteiger partial charge in [-0.05, 0) is 29.8 Å². The predicted molar refractivity (Wildman–Crippen MR) is 102 cm³/mol. The molecule has 0 saturated carbocycles. The summed E-state index contributed by atoms with van der Waals surface area (Å²) in [5, 5.41) is 17.0. The third-order valence-corrected chi connectivity index (χ3v) is 4.09. The summed E-state index contributed by atoms with van der Waals surface area (Å²) in [4.78, 5) is 22.9. The quantitative estimate of drug-likeness (QED) is 0.470. The summed E-state index contributed by atoms with van der Waals surface area (Å²) < 4.78 is 5.47. The summed E-state index contributed by atoms with van der Waals surface area (Å²) in [6.07, 6.45) is 1.56. The van der Waals surface area contributed by atoms with Crippen LogP contribution in [0.25, 0.3) is 0 Å². The molecule has 2 aromatic carbocycles. The zero-order chi connectivity index (χ0) is 19.2. The molecule has 0 aliphatic rings. The van der Waals surface area contributed by atoms with Crippen LogP contribution in [-0.4, -0.2) is 17.4 Å². The lowest BCUT2D eigenvalue weighted by Crippen LogP contribution is -2.31. The second kappa shape index (κ2) is 8.48. The number of nitro groups is 1. The maximum absolute atomic E-state index is 12.3. The lowest BCUT2D eigenvalue weighted by molar-refractivity contribution is -0.383. The first-order chi connectivity index (χ1) is 13.0. The number of nitrogens with one attached hydrogen (secondary N) is 2. The third kappa shape index (κ3) is 4.72. The van der Waals surface area contributed by atoms with E-state index in [1.54, 1.807) is 12.3 Å². The van der Waals surface area contributed by atoms with Crippen LogP contribution < -0.4 is 10.6 Å². The number of hydrogen-bond acceptors (Lipinski definition) is 5. The Morgan fingerprint density at radius 3 is 2.59 bits per heavy atom. The van der Waals surface area contributed by atoms with Crippen molar-refractivity contribution in [1.82, 2.24) is 5.32 Å². The number of nitrogens with zero attached hydrogens (tertiary/aromatic N) is 1. The monoisotopic (exact) mass is 385 g/mol. The SMILES string of the molecule is O=C(CN[C@@H](c1ccccc1)c1ccco1)Nc1ccc(Cl)cc1[N+](=O)[O-]. The van der Waals surface area contributed by atoms with E-state index in [0.717, 1.165) is 5.56 Å². The van der Waals surface area contributed by atoms with Crippen molar-refractivity contribution in [1.29, 1.82) is 0 Å². The Labute approximate surface area is 160 Å². The van der Waals surface area contributed by atoms with E-state index in [9.17, 15) is 14.9 Å². The van der Waals surface area contributed by atoms with E-state index in [4.69, 9.17) is 16.0 Å². The first-order valence-electron chi connectivity index (χ1n) is 8.10. The fraction of sp³-hybridized carbons (Fsp3) is 0.105. The summed E-state index contributed by atoms with van der Waals surface area (Å²) in [6, 6.07) is 16.9. The van der Waals surface area contributed by atoms with Crippen LogP contribution in [0.1, 0.15) is 17.4 Å². The summed E-state index contributed by atoms with van der Waals surface area (Å²) in [5.74, 6) is 0.236. The molecule has 8 heteroatoms. The molecule has 7 nitrogen and oxygen atoms in total. The van der Waals surface area contributed by atoms with Crippen LogP contribution in [0.15, 0.2) is 71.3 Å². The van der Waals surface area contributed by atoms with Crippen LogP contribution in [0.5, 0.6) is 0 Å². The number of carbonyl (C=O) groups excluding carboxylic acids is 1. The van der Waals surface area contributed by atoms with Gasteiger partial charge in [-0.1, -0.05) is 41.9 Å².